The number of Topliss-reactive ketones (excluding diaryl/α,β-unsaturated/α-hetero) is 1. The second kappa shape index (κ2) is 13.6. The highest BCUT2D eigenvalue weighted by Gasteiger charge is 2.91. The molecule has 0 amide bonds. The number of unbranched alkanes of at least 4 members (excludes halogenated alkanes) is 1. The third-order valence-electron chi connectivity index (χ3n) is 15.5. The number of carbonyl (C=O) groups is 3. The molecule has 7 fully saturated rings. The van der Waals surface area contributed by atoms with E-state index in [1.54, 1.807) is 6.26 Å². The van der Waals surface area contributed by atoms with Crippen molar-refractivity contribution < 1.29 is 53.1 Å². The molecule has 54 heavy (non-hydrogen) atoms. The molecule has 7 aliphatic rings. The number of hydrogen-bond acceptors (Lipinski definition) is 13. The molecule has 2 aliphatic carbocycles. The summed E-state index contributed by atoms with van der Waals surface area (Å²) in [5.41, 5.74) is -4.51. The van der Waals surface area contributed by atoms with Gasteiger partial charge in [-0.15, -0.1) is 0 Å². The minimum absolute atomic E-state index is 0.0109. The van der Waals surface area contributed by atoms with Crippen molar-refractivity contribution in [1.29, 1.82) is 0 Å². The zero-order valence-electron chi connectivity index (χ0n) is 32.4. The molecule has 2 spiro atoms. The van der Waals surface area contributed by atoms with Crippen molar-refractivity contribution in [2.24, 2.45) is 39.9 Å². The van der Waals surface area contributed by atoms with Gasteiger partial charge in [-0.05, 0) is 69.3 Å². The number of hydrogen-bond donors (Lipinski definition) is 5. The van der Waals surface area contributed by atoms with Gasteiger partial charge in [0.25, 0.3) is 0 Å². The summed E-state index contributed by atoms with van der Waals surface area (Å²) in [5.74, 6) is -1.67. The number of fused-ring (bicyclic) bond motifs is 1. The van der Waals surface area contributed by atoms with Crippen LogP contribution in [0.4, 0.5) is 0 Å². The van der Waals surface area contributed by atoms with E-state index in [4.69, 9.17) is 23.4 Å². The summed E-state index contributed by atoms with van der Waals surface area (Å²) in [6, 6.07) is 2.24. The topological polar surface area (TPSA) is 189 Å². The number of ketones is 1. The number of aliphatic hydroxyl groups excluding tert-OH is 3. The smallest absolute Gasteiger partial charge is 0.339 e. The van der Waals surface area contributed by atoms with Gasteiger partial charge in [0.15, 0.2) is 11.9 Å². The molecule has 14 unspecified atom stereocenters. The maximum atomic E-state index is 14.9. The van der Waals surface area contributed by atoms with Crippen molar-refractivity contribution in [3.8, 4) is 0 Å². The van der Waals surface area contributed by atoms with Crippen LogP contribution in [0.2, 0.25) is 0 Å². The number of esters is 2. The predicted molar refractivity (Wildman–Crippen MR) is 192 cm³/mol. The monoisotopic (exact) mass is 756 g/mol. The molecule has 13 heteroatoms. The Morgan fingerprint density at radius 1 is 1.06 bits per heavy atom. The molecule has 8 rings (SSSR count). The van der Waals surface area contributed by atoms with E-state index in [-0.39, 0.29) is 43.2 Å². The predicted octanol–water partition coefficient (Wildman–Crippen LogP) is 3.12. The molecule has 5 N–H and O–H groups in total. The Balaban J connectivity index is 1.12. The normalized spacial score (nSPS) is 44.8. The fourth-order valence-corrected chi connectivity index (χ4v) is 12.8. The first-order chi connectivity index (χ1) is 25.7. The summed E-state index contributed by atoms with van der Waals surface area (Å²) in [5, 5.41) is 40.2. The van der Waals surface area contributed by atoms with Gasteiger partial charge >= 0.3 is 11.9 Å². The Morgan fingerprint density at radius 2 is 1.85 bits per heavy atom. The lowest BCUT2D eigenvalue weighted by Gasteiger charge is -2.66. The Hall–Kier alpha value is -2.39. The van der Waals surface area contributed by atoms with Gasteiger partial charge in [0.1, 0.15) is 30.2 Å². The van der Waals surface area contributed by atoms with E-state index in [9.17, 15) is 29.7 Å². The molecule has 5 aliphatic heterocycles. The Kier molecular flexibility index (Phi) is 9.71. The van der Waals surface area contributed by atoms with Gasteiger partial charge in [-0.1, -0.05) is 40.5 Å². The van der Waals surface area contributed by atoms with Crippen LogP contribution in [0.15, 0.2) is 16.7 Å². The molecule has 0 bridgehead atoms. The van der Waals surface area contributed by atoms with Gasteiger partial charge in [-0.25, -0.2) is 4.79 Å². The van der Waals surface area contributed by atoms with E-state index in [2.05, 4.69) is 24.5 Å². The first-order valence-corrected chi connectivity index (χ1v) is 20.4. The fourth-order valence-electron chi connectivity index (χ4n) is 12.8. The molecule has 300 valence electrons. The molecule has 0 aromatic carbocycles. The highest BCUT2D eigenvalue weighted by atomic mass is 16.7. The fraction of sp³-hybridized carbons (Fsp3) is 0.829. The standard InChI is InChI=1S/C41H60N2O11/c1-22(2)10-14-38(4)32-31(47)33(48)39(5)28(40(32)20-51-30(46)17-29(40)53-38)11-13-37(3)34(52-36(49)35-41(37,39)54-35)25-12-15-50-27(25)16-23(26(45)19-44)8-6-7-9-24-18-42-21-43-24/h12,15,22-24,26,28-29,32-35,42-45,48H,6-11,13-14,16-21H2,1-5H3. The molecule has 5 saturated heterocycles. The van der Waals surface area contributed by atoms with Crippen LogP contribution in [0.25, 0.3) is 0 Å². The molecular formula is C41H60N2O11. The summed E-state index contributed by atoms with van der Waals surface area (Å²) in [6.07, 6.45) is 3.19. The van der Waals surface area contributed by atoms with Gasteiger partial charge in [-0.3, -0.25) is 9.59 Å². The molecular weight excluding hydrogens is 696 g/mol. The van der Waals surface area contributed by atoms with Gasteiger partial charge < -0.3 is 49.3 Å². The summed E-state index contributed by atoms with van der Waals surface area (Å²) < 4.78 is 31.7. The molecule has 13 nitrogen and oxygen atoms in total. The summed E-state index contributed by atoms with van der Waals surface area (Å²) >= 11 is 0. The van der Waals surface area contributed by atoms with Gasteiger partial charge in [0.2, 0.25) is 0 Å². The van der Waals surface area contributed by atoms with Crippen molar-refractivity contribution in [2.75, 3.05) is 26.4 Å². The van der Waals surface area contributed by atoms with Crippen molar-refractivity contribution in [1.82, 2.24) is 10.6 Å². The molecule has 6 heterocycles. The molecule has 2 saturated carbocycles. The lowest BCUT2D eigenvalue weighted by atomic mass is 9.36. The lowest BCUT2D eigenvalue weighted by Crippen LogP contribution is -2.76. The van der Waals surface area contributed by atoms with E-state index in [1.165, 1.54) is 0 Å². The Bertz CT molecular complexity index is 1630. The van der Waals surface area contributed by atoms with Crippen LogP contribution < -0.4 is 10.6 Å². The Labute approximate surface area is 317 Å². The van der Waals surface area contributed by atoms with Crippen LogP contribution in [0, 0.1) is 39.9 Å². The van der Waals surface area contributed by atoms with Gasteiger partial charge in [-0.2, -0.15) is 0 Å². The third-order valence-corrected chi connectivity index (χ3v) is 15.5. The summed E-state index contributed by atoms with van der Waals surface area (Å²) in [7, 11) is 0. The second-order valence-corrected chi connectivity index (χ2v) is 18.7. The van der Waals surface area contributed by atoms with E-state index in [0.717, 1.165) is 38.9 Å². The van der Waals surface area contributed by atoms with Crippen LogP contribution in [0.1, 0.15) is 110 Å². The van der Waals surface area contributed by atoms with Crippen molar-refractivity contribution >= 4 is 17.7 Å². The highest BCUT2D eigenvalue weighted by Crippen LogP contribution is 2.80. The van der Waals surface area contributed by atoms with Crippen LogP contribution >= 0.6 is 0 Å². The molecule has 14 atom stereocenters. The molecule has 1 aromatic heterocycles. The van der Waals surface area contributed by atoms with Crippen LogP contribution in [0.3, 0.4) is 0 Å². The Morgan fingerprint density at radius 3 is 2.57 bits per heavy atom. The van der Waals surface area contributed by atoms with E-state index in [0.29, 0.717) is 55.4 Å². The van der Waals surface area contributed by atoms with Gasteiger partial charge in [0.05, 0.1) is 43.0 Å². The van der Waals surface area contributed by atoms with Crippen molar-refractivity contribution in [3.63, 3.8) is 0 Å². The summed E-state index contributed by atoms with van der Waals surface area (Å²) in [4.78, 5) is 41.8. The number of cyclic esters (lactones) is 2. The SMILES string of the molecule is CC(C)CCC1(C)OC2CC(=O)OCC23C1C(=O)C(O)C1(C)C3CCC2(C)C(c3ccoc3CC(CCCCC3CNCN3)C(O)CO)OC(=O)C3OC321. The van der Waals surface area contributed by atoms with Gasteiger partial charge in [0, 0.05) is 47.5 Å². The zero-order chi connectivity index (χ0) is 38.4. The quantitative estimate of drug-likeness (QED) is 0.112. The number of epoxide rings is 1. The average Bonchev–Trinajstić information content (AvgIpc) is 3.38. The number of aliphatic hydroxyl groups is 3. The highest BCUT2D eigenvalue weighted by molar-refractivity contribution is 5.92. The van der Waals surface area contributed by atoms with Crippen LogP contribution in [-0.4, -0.2) is 101 Å². The van der Waals surface area contributed by atoms with Crippen molar-refractivity contribution in [2.45, 2.75) is 147 Å². The van der Waals surface area contributed by atoms with E-state index >= 15 is 0 Å². The van der Waals surface area contributed by atoms with E-state index in [1.807, 2.05) is 26.8 Å². The van der Waals surface area contributed by atoms with Crippen LogP contribution in [0.5, 0.6) is 0 Å². The molecule has 0 radical (unpaired) electrons. The third kappa shape index (κ3) is 5.38. The van der Waals surface area contributed by atoms with E-state index < -0.39 is 69.9 Å². The first kappa shape index (κ1) is 38.5. The van der Waals surface area contributed by atoms with Crippen molar-refractivity contribution in [3.05, 3.63) is 23.7 Å². The maximum absolute atomic E-state index is 14.9. The second-order valence-electron chi connectivity index (χ2n) is 18.7. The molecule has 1 aromatic rings. The number of nitrogens with one attached hydrogen (secondary N) is 2. The minimum atomic E-state index is -1.46. The average molecular weight is 757 g/mol. The van der Waals surface area contributed by atoms with Crippen LogP contribution in [-0.2, 0) is 39.8 Å². The minimum Gasteiger partial charge on any atom is -0.469 e. The maximum Gasteiger partial charge on any atom is 0.339 e. The first-order valence-electron chi connectivity index (χ1n) is 20.4. The number of furan rings is 1. The largest absolute Gasteiger partial charge is 0.469 e. The number of ether oxygens (including phenoxy) is 4. The zero-order valence-corrected chi connectivity index (χ0v) is 32.4. The number of carbonyl (C=O) groups excluding carboxylic acids is 3. The summed E-state index contributed by atoms with van der Waals surface area (Å²) in [6.45, 7) is 11.5. The lowest BCUT2D eigenvalue weighted by molar-refractivity contribution is -0.252. The number of rotatable bonds is 13.